The molecule has 142 valence electrons. The van der Waals surface area contributed by atoms with Gasteiger partial charge in [0.2, 0.25) is 5.91 Å². The van der Waals surface area contributed by atoms with Crippen molar-refractivity contribution in [1.29, 1.82) is 0 Å². The van der Waals surface area contributed by atoms with Crippen LogP contribution in [-0.2, 0) is 4.79 Å². The quantitative estimate of drug-likeness (QED) is 0.803. The van der Waals surface area contributed by atoms with Crippen molar-refractivity contribution in [3.8, 4) is 0 Å². The Morgan fingerprint density at radius 2 is 1.78 bits per heavy atom. The van der Waals surface area contributed by atoms with Gasteiger partial charge in [0.1, 0.15) is 17.7 Å². The van der Waals surface area contributed by atoms with Crippen molar-refractivity contribution in [3.63, 3.8) is 0 Å². The number of benzene rings is 2. The summed E-state index contributed by atoms with van der Waals surface area (Å²) in [5.41, 5.74) is 7.32. The molecule has 2 aliphatic rings. The molecule has 2 N–H and O–H groups in total. The lowest BCUT2D eigenvalue weighted by atomic mass is 9.92. The molecule has 1 amide bonds. The van der Waals surface area contributed by atoms with Gasteiger partial charge >= 0.3 is 0 Å². The highest BCUT2D eigenvalue weighted by molar-refractivity contribution is 7.99. The molecule has 1 fully saturated rings. The number of rotatable bonds is 2. The Morgan fingerprint density at radius 3 is 2.56 bits per heavy atom. The minimum absolute atomic E-state index is 0.107. The van der Waals surface area contributed by atoms with Crippen LogP contribution in [0, 0.1) is 11.6 Å². The molecule has 2 atom stereocenters. The van der Waals surface area contributed by atoms with Crippen LogP contribution in [0.15, 0.2) is 47.4 Å². The molecule has 1 aliphatic carbocycles. The smallest absolute Gasteiger partial charge is 0.245 e. The Kier molecular flexibility index (Phi) is 5.19. The number of hydrogen-bond donors (Lipinski definition) is 1. The van der Waals surface area contributed by atoms with E-state index in [1.807, 2.05) is 29.2 Å². The zero-order chi connectivity index (χ0) is 19.0. The maximum atomic E-state index is 14.5. The summed E-state index contributed by atoms with van der Waals surface area (Å²) in [5, 5.41) is -0.678. The normalized spacial score (nSPS) is 23.8. The fraction of sp³-hybridized carbons (Fsp3) is 0.381. The third-order valence-corrected chi connectivity index (χ3v) is 6.83. The van der Waals surface area contributed by atoms with Crippen molar-refractivity contribution < 1.29 is 13.6 Å². The van der Waals surface area contributed by atoms with Gasteiger partial charge in [-0.1, -0.05) is 31.4 Å². The summed E-state index contributed by atoms with van der Waals surface area (Å²) in [5.74, 6) is -1.29. The number of thioether (sulfide) groups is 1. The van der Waals surface area contributed by atoms with Gasteiger partial charge < -0.3 is 10.6 Å². The summed E-state index contributed by atoms with van der Waals surface area (Å²) in [6.07, 6.45) is 5.23. The molecular weight excluding hydrogens is 366 g/mol. The molecule has 1 saturated carbocycles. The Labute approximate surface area is 161 Å². The minimum atomic E-state index is -0.944. The topological polar surface area (TPSA) is 46.3 Å². The first-order valence-electron chi connectivity index (χ1n) is 9.35. The second kappa shape index (κ2) is 7.60. The number of amides is 1. The van der Waals surface area contributed by atoms with Gasteiger partial charge in [0.15, 0.2) is 0 Å². The maximum absolute atomic E-state index is 14.5. The third kappa shape index (κ3) is 3.48. The van der Waals surface area contributed by atoms with Crippen LogP contribution in [0.25, 0.3) is 0 Å². The number of nitrogens with zero attached hydrogens (tertiary/aromatic N) is 1. The number of hydrogen-bond acceptors (Lipinski definition) is 3. The second-order valence-electron chi connectivity index (χ2n) is 7.20. The van der Waals surface area contributed by atoms with Gasteiger partial charge in [0, 0.05) is 16.5 Å². The van der Waals surface area contributed by atoms with E-state index in [9.17, 15) is 13.6 Å². The van der Waals surface area contributed by atoms with Gasteiger partial charge in [-0.3, -0.25) is 4.79 Å². The Morgan fingerprint density at radius 1 is 1.04 bits per heavy atom. The highest BCUT2D eigenvalue weighted by Gasteiger charge is 2.40. The van der Waals surface area contributed by atoms with Gasteiger partial charge in [0.05, 0.1) is 10.9 Å². The zero-order valence-corrected chi connectivity index (χ0v) is 15.7. The molecule has 6 heteroatoms. The Balaban J connectivity index is 1.79. The monoisotopic (exact) mass is 388 g/mol. The highest BCUT2D eigenvalue weighted by Crippen LogP contribution is 2.47. The van der Waals surface area contributed by atoms with E-state index >= 15 is 0 Å². The molecule has 0 spiro atoms. The van der Waals surface area contributed by atoms with Crippen molar-refractivity contribution in [2.75, 3.05) is 4.90 Å². The largest absolute Gasteiger partial charge is 0.319 e. The van der Waals surface area contributed by atoms with Crippen LogP contribution in [0.2, 0.25) is 0 Å². The number of halogens is 2. The first kappa shape index (κ1) is 18.4. The van der Waals surface area contributed by atoms with E-state index in [1.165, 1.54) is 18.2 Å². The molecule has 2 aromatic rings. The van der Waals surface area contributed by atoms with Crippen molar-refractivity contribution in [1.82, 2.24) is 0 Å². The van der Waals surface area contributed by atoms with Crippen LogP contribution in [0.5, 0.6) is 0 Å². The van der Waals surface area contributed by atoms with Crippen molar-refractivity contribution in [2.24, 2.45) is 5.73 Å². The molecule has 2 aromatic carbocycles. The number of para-hydroxylation sites is 1. The molecule has 1 heterocycles. The van der Waals surface area contributed by atoms with Crippen LogP contribution in [0.4, 0.5) is 14.5 Å². The van der Waals surface area contributed by atoms with E-state index < -0.39 is 22.9 Å². The number of anilines is 1. The van der Waals surface area contributed by atoms with Gasteiger partial charge in [0.25, 0.3) is 0 Å². The first-order valence-corrected chi connectivity index (χ1v) is 10.2. The van der Waals surface area contributed by atoms with E-state index in [0.717, 1.165) is 54.5 Å². The lowest BCUT2D eigenvalue weighted by Crippen LogP contribution is -2.50. The molecular formula is C21H22F2N2OS. The average Bonchev–Trinajstić information content (AvgIpc) is 2.79. The van der Waals surface area contributed by atoms with Crippen LogP contribution in [-0.4, -0.2) is 18.0 Å². The van der Waals surface area contributed by atoms with Gasteiger partial charge in [-0.15, -0.1) is 11.8 Å². The van der Waals surface area contributed by atoms with Gasteiger partial charge in [-0.25, -0.2) is 8.78 Å². The SMILES string of the molecule is N[C@H]1C(=O)N(C2CCCCC2)c2ccccc2S[C@@H]1c1cc(F)ccc1F. The van der Waals surface area contributed by atoms with E-state index in [0.29, 0.717) is 0 Å². The predicted octanol–water partition coefficient (Wildman–Crippen LogP) is 4.80. The van der Waals surface area contributed by atoms with Crippen LogP contribution >= 0.6 is 11.8 Å². The van der Waals surface area contributed by atoms with Gasteiger partial charge in [-0.2, -0.15) is 0 Å². The minimum Gasteiger partial charge on any atom is -0.319 e. The predicted molar refractivity (Wildman–Crippen MR) is 104 cm³/mol. The van der Waals surface area contributed by atoms with Crippen LogP contribution < -0.4 is 10.6 Å². The molecule has 1 aliphatic heterocycles. The summed E-state index contributed by atoms with van der Waals surface area (Å²) in [6, 6.07) is 10.1. The average molecular weight is 388 g/mol. The lowest BCUT2D eigenvalue weighted by molar-refractivity contribution is -0.120. The Hall–Kier alpha value is -1.92. The molecule has 0 unspecified atom stereocenters. The molecule has 0 radical (unpaired) electrons. The standard InChI is InChI=1S/C21H22F2N2OS/c22-13-10-11-16(23)15(12-13)20-19(24)21(26)25(14-6-2-1-3-7-14)17-8-4-5-9-18(17)27-20/h4-5,8-12,14,19-20H,1-3,6-7,24H2/t19-,20-/m1/s1. The Bertz CT molecular complexity index is 854. The molecule has 3 nitrogen and oxygen atoms in total. The lowest BCUT2D eigenvalue weighted by Gasteiger charge is -2.35. The maximum Gasteiger partial charge on any atom is 0.245 e. The first-order chi connectivity index (χ1) is 13.1. The fourth-order valence-electron chi connectivity index (χ4n) is 4.08. The summed E-state index contributed by atoms with van der Waals surface area (Å²) >= 11 is 1.34. The van der Waals surface area contributed by atoms with Crippen LogP contribution in [0.3, 0.4) is 0 Å². The van der Waals surface area contributed by atoms with E-state index in [1.54, 1.807) is 0 Å². The molecule has 0 bridgehead atoms. The summed E-state index contributed by atoms with van der Waals surface area (Å²) in [6.45, 7) is 0. The number of carbonyl (C=O) groups excluding carboxylic acids is 1. The fourth-order valence-corrected chi connectivity index (χ4v) is 5.37. The number of carbonyl (C=O) groups is 1. The van der Waals surface area contributed by atoms with Crippen molar-refractivity contribution in [3.05, 3.63) is 59.7 Å². The third-order valence-electron chi connectivity index (χ3n) is 5.43. The molecule has 0 saturated heterocycles. The van der Waals surface area contributed by atoms with Gasteiger partial charge in [-0.05, 0) is 43.2 Å². The number of nitrogens with two attached hydrogens (primary N) is 1. The summed E-state index contributed by atoms with van der Waals surface area (Å²) in [4.78, 5) is 16.1. The summed E-state index contributed by atoms with van der Waals surface area (Å²) in [7, 11) is 0. The van der Waals surface area contributed by atoms with Crippen LogP contribution in [0.1, 0.15) is 42.9 Å². The zero-order valence-electron chi connectivity index (χ0n) is 14.9. The molecule has 27 heavy (non-hydrogen) atoms. The van der Waals surface area contributed by atoms with E-state index in [-0.39, 0.29) is 17.5 Å². The van der Waals surface area contributed by atoms with Crippen molar-refractivity contribution >= 4 is 23.4 Å². The molecule has 0 aromatic heterocycles. The number of fused-ring (bicyclic) bond motifs is 1. The van der Waals surface area contributed by atoms with Crippen molar-refractivity contribution in [2.45, 2.75) is 54.3 Å². The molecule has 4 rings (SSSR count). The second-order valence-corrected chi connectivity index (χ2v) is 8.38. The van der Waals surface area contributed by atoms with E-state index in [2.05, 4.69) is 0 Å². The van der Waals surface area contributed by atoms with E-state index in [4.69, 9.17) is 5.73 Å². The highest BCUT2D eigenvalue weighted by atomic mass is 32.2. The summed E-state index contributed by atoms with van der Waals surface area (Å²) < 4.78 is 28.2.